The number of aliphatic imine (C=N–C) groups is 1. The van der Waals surface area contributed by atoms with Gasteiger partial charge in [-0.2, -0.15) is 0 Å². The molecule has 124 valence electrons. The molecule has 21 heavy (non-hydrogen) atoms. The Morgan fingerprint density at radius 1 is 1.48 bits per heavy atom. The Balaban J connectivity index is 0.00000400. The molecule has 1 heterocycles. The van der Waals surface area contributed by atoms with E-state index in [4.69, 9.17) is 0 Å². The Morgan fingerprint density at radius 2 is 2.24 bits per heavy atom. The molecule has 0 saturated carbocycles. The molecular formula is C16H33IN4. The summed E-state index contributed by atoms with van der Waals surface area (Å²) >= 11 is 0. The zero-order valence-electron chi connectivity index (χ0n) is 14.0. The lowest BCUT2D eigenvalue weighted by atomic mass is 10.0. The highest BCUT2D eigenvalue weighted by atomic mass is 127. The van der Waals surface area contributed by atoms with E-state index < -0.39 is 0 Å². The van der Waals surface area contributed by atoms with Crippen LogP contribution in [-0.4, -0.2) is 62.1 Å². The van der Waals surface area contributed by atoms with Gasteiger partial charge in [0.2, 0.25) is 0 Å². The second kappa shape index (κ2) is 12.3. The zero-order valence-corrected chi connectivity index (χ0v) is 16.3. The number of halogens is 1. The summed E-state index contributed by atoms with van der Waals surface area (Å²) in [6.07, 6.45) is 8.18. The van der Waals surface area contributed by atoms with Gasteiger partial charge in [-0.1, -0.05) is 19.4 Å². The molecule has 1 fully saturated rings. The number of allylic oxidation sites excluding steroid dienone is 1. The van der Waals surface area contributed by atoms with Crippen LogP contribution in [0.15, 0.2) is 17.6 Å². The normalized spacial score (nSPS) is 19.8. The Kier molecular flexibility index (Phi) is 12.1. The summed E-state index contributed by atoms with van der Waals surface area (Å²) in [4.78, 5) is 9.18. The summed E-state index contributed by atoms with van der Waals surface area (Å²) in [6.45, 7) is 10.5. The van der Waals surface area contributed by atoms with Crippen molar-refractivity contribution >= 4 is 29.9 Å². The van der Waals surface area contributed by atoms with Gasteiger partial charge in [-0.3, -0.25) is 9.89 Å². The van der Waals surface area contributed by atoms with Gasteiger partial charge in [0.1, 0.15) is 0 Å². The quantitative estimate of drug-likeness (QED) is 0.231. The minimum atomic E-state index is 0. The SMILES string of the molecule is C=CCCCN(C)C(=NC)NCC1CCCCN1CC.I. The fourth-order valence-electron chi connectivity index (χ4n) is 2.88. The first-order chi connectivity index (χ1) is 9.72. The second-order valence-corrected chi connectivity index (χ2v) is 5.56. The van der Waals surface area contributed by atoms with Crippen molar-refractivity contribution in [1.82, 2.24) is 15.1 Å². The summed E-state index contributed by atoms with van der Waals surface area (Å²) in [5, 5.41) is 3.54. The number of unbranched alkanes of at least 4 members (excludes halogenated alkanes) is 1. The molecule has 1 N–H and O–H groups in total. The van der Waals surface area contributed by atoms with E-state index in [1.807, 2.05) is 13.1 Å². The number of hydrogen-bond donors (Lipinski definition) is 1. The molecule has 0 radical (unpaired) electrons. The molecule has 0 bridgehead atoms. The first-order valence-electron chi connectivity index (χ1n) is 7.99. The van der Waals surface area contributed by atoms with Crippen LogP contribution in [0.3, 0.4) is 0 Å². The molecule has 1 unspecified atom stereocenters. The van der Waals surface area contributed by atoms with Crippen molar-refractivity contribution < 1.29 is 0 Å². The van der Waals surface area contributed by atoms with Crippen LogP contribution in [0.25, 0.3) is 0 Å². The fraction of sp³-hybridized carbons (Fsp3) is 0.812. The molecule has 0 aliphatic carbocycles. The zero-order chi connectivity index (χ0) is 14.8. The summed E-state index contributed by atoms with van der Waals surface area (Å²) in [5.74, 6) is 1.01. The van der Waals surface area contributed by atoms with Gasteiger partial charge in [0.25, 0.3) is 0 Å². The van der Waals surface area contributed by atoms with E-state index in [2.05, 4.69) is 40.7 Å². The summed E-state index contributed by atoms with van der Waals surface area (Å²) in [7, 11) is 3.97. The molecule has 0 spiro atoms. The van der Waals surface area contributed by atoms with Crippen LogP contribution in [0.5, 0.6) is 0 Å². The number of nitrogens with one attached hydrogen (secondary N) is 1. The molecule has 1 atom stereocenters. The number of nitrogens with zero attached hydrogens (tertiary/aromatic N) is 3. The molecule has 0 amide bonds. The highest BCUT2D eigenvalue weighted by Crippen LogP contribution is 2.15. The predicted octanol–water partition coefficient (Wildman–Crippen LogP) is 2.95. The van der Waals surface area contributed by atoms with Crippen molar-refractivity contribution in [2.24, 2.45) is 4.99 Å². The van der Waals surface area contributed by atoms with E-state index in [1.54, 1.807) is 0 Å². The summed E-state index contributed by atoms with van der Waals surface area (Å²) in [5.41, 5.74) is 0. The Labute approximate surface area is 148 Å². The number of hydrogen-bond acceptors (Lipinski definition) is 2. The van der Waals surface area contributed by atoms with Gasteiger partial charge in [0.05, 0.1) is 0 Å². The molecule has 5 heteroatoms. The van der Waals surface area contributed by atoms with E-state index in [1.165, 1.54) is 25.8 Å². The van der Waals surface area contributed by atoms with Crippen molar-refractivity contribution in [3.05, 3.63) is 12.7 Å². The van der Waals surface area contributed by atoms with E-state index in [-0.39, 0.29) is 24.0 Å². The maximum Gasteiger partial charge on any atom is 0.193 e. The van der Waals surface area contributed by atoms with Crippen molar-refractivity contribution in [2.45, 2.75) is 45.1 Å². The molecule has 0 aromatic heterocycles. The smallest absolute Gasteiger partial charge is 0.193 e. The van der Waals surface area contributed by atoms with E-state index in [0.29, 0.717) is 6.04 Å². The van der Waals surface area contributed by atoms with Crippen molar-refractivity contribution in [1.29, 1.82) is 0 Å². The molecule has 0 aromatic carbocycles. The minimum absolute atomic E-state index is 0. The molecule has 4 nitrogen and oxygen atoms in total. The predicted molar refractivity (Wildman–Crippen MR) is 104 cm³/mol. The average molecular weight is 408 g/mol. The summed E-state index contributed by atoms with van der Waals surface area (Å²) < 4.78 is 0. The standard InChI is InChI=1S/C16H32N4.HI/c1-5-7-9-12-19(4)16(17-3)18-14-15-11-8-10-13-20(15)6-2;/h5,15H,1,6-14H2,2-4H3,(H,17,18);1H. The van der Waals surface area contributed by atoms with Crippen LogP contribution in [0.1, 0.15) is 39.0 Å². The third kappa shape index (κ3) is 7.49. The van der Waals surface area contributed by atoms with Crippen LogP contribution in [0, 0.1) is 0 Å². The molecule has 1 rings (SSSR count). The number of guanidine groups is 1. The van der Waals surface area contributed by atoms with Gasteiger partial charge in [0, 0.05) is 33.2 Å². The first kappa shape index (κ1) is 20.7. The van der Waals surface area contributed by atoms with Crippen LogP contribution in [-0.2, 0) is 0 Å². The van der Waals surface area contributed by atoms with Gasteiger partial charge < -0.3 is 10.2 Å². The maximum atomic E-state index is 4.39. The van der Waals surface area contributed by atoms with Crippen LogP contribution >= 0.6 is 24.0 Å². The number of piperidine rings is 1. The van der Waals surface area contributed by atoms with Crippen LogP contribution < -0.4 is 5.32 Å². The van der Waals surface area contributed by atoms with Crippen molar-refractivity contribution in [3.63, 3.8) is 0 Å². The van der Waals surface area contributed by atoms with Gasteiger partial charge >= 0.3 is 0 Å². The third-order valence-electron chi connectivity index (χ3n) is 4.13. The number of likely N-dealkylation sites (N-methyl/N-ethyl adjacent to an activating group) is 1. The first-order valence-corrected chi connectivity index (χ1v) is 7.99. The monoisotopic (exact) mass is 408 g/mol. The van der Waals surface area contributed by atoms with Gasteiger partial charge in [-0.25, -0.2) is 0 Å². The Hall–Kier alpha value is -0.300. The molecule has 0 aromatic rings. The Morgan fingerprint density at radius 3 is 2.86 bits per heavy atom. The van der Waals surface area contributed by atoms with E-state index >= 15 is 0 Å². The highest BCUT2D eigenvalue weighted by molar-refractivity contribution is 14.0. The molecule has 1 saturated heterocycles. The summed E-state index contributed by atoms with van der Waals surface area (Å²) in [6, 6.07) is 0.659. The lowest BCUT2D eigenvalue weighted by Gasteiger charge is -2.35. The van der Waals surface area contributed by atoms with Gasteiger partial charge in [-0.05, 0) is 38.8 Å². The molecule has 1 aliphatic rings. The Bertz CT molecular complexity index is 307. The largest absolute Gasteiger partial charge is 0.355 e. The molecular weight excluding hydrogens is 375 g/mol. The van der Waals surface area contributed by atoms with Gasteiger partial charge in [-0.15, -0.1) is 30.6 Å². The topological polar surface area (TPSA) is 30.9 Å². The lowest BCUT2D eigenvalue weighted by molar-refractivity contribution is 0.157. The van der Waals surface area contributed by atoms with E-state index in [9.17, 15) is 0 Å². The lowest BCUT2D eigenvalue weighted by Crippen LogP contribution is -2.49. The van der Waals surface area contributed by atoms with Crippen molar-refractivity contribution in [3.8, 4) is 0 Å². The highest BCUT2D eigenvalue weighted by Gasteiger charge is 2.21. The fourth-order valence-corrected chi connectivity index (χ4v) is 2.88. The second-order valence-electron chi connectivity index (χ2n) is 5.56. The van der Waals surface area contributed by atoms with E-state index in [0.717, 1.165) is 38.4 Å². The van der Waals surface area contributed by atoms with Crippen LogP contribution in [0.4, 0.5) is 0 Å². The van der Waals surface area contributed by atoms with Crippen LogP contribution in [0.2, 0.25) is 0 Å². The molecule has 1 aliphatic heterocycles. The number of likely N-dealkylation sites (tertiary alicyclic amines) is 1. The third-order valence-corrected chi connectivity index (χ3v) is 4.13. The minimum Gasteiger partial charge on any atom is -0.355 e. The van der Waals surface area contributed by atoms with Crippen molar-refractivity contribution in [2.75, 3.05) is 40.3 Å². The maximum absolute atomic E-state index is 4.39. The average Bonchev–Trinajstić information content (AvgIpc) is 2.48. The van der Waals surface area contributed by atoms with Gasteiger partial charge in [0.15, 0.2) is 5.96 Å². The number of rotatable bonds is 7.